The van der Waals surface area contributed by atoms with Gasteiger partial charge < -0.3 is 10.1 Å². The summed E-state index contributed by atoms with van der Waals surface area (Å²) in [4.78, 5) is 0. The maximum Gasteiger partial charge on any atom is 0.0619 e. The van der Waals surface area contributed by atoms with Gasteiger partial charge in [0.15, 0.2) is 0 Å². The van der Waals surface area contributed by atoms with E-state index in [1.54, 1.807) is 0 Å². The molecule has 0 saturated heterocycles. The van der Waals surface area contributed by atoms with Gasteiger partial charge in [-0.05, 0) is 25.8 Å². The zero-order valence-electron chi connectivity index (χ0n) is 9.01. The zero-order valence-corrected chi connectivity index (χ0v) is 9.01. The third kappa shape index (κ3) is 8.00. The molecule has 0 aromatic carbocycles. The van der Waals surface area contributed by atoms with Crippen LogP contribution < -0.4 is 5.32 Å². The molecule has 2 nitrogen and oxygen atoms in total. The van der Waals surface area contributed by atoms with E-state index in [4.69, 9.17) is 4.74 Å². The predicted molar refractivity (Wildman–Crippen MR) is 58.0 cm³/mol. The standard InChI is InChI=1S/C11H23NO/c1-4-7-8-11(12-6-3)10-13-9-5-2/h4,11-12H,1,5-10H2,2-3H3. The second-order valence-corrected chi connectivity index (χ2v) is 3.20. The smallest absolute Gasteiger partial charge is 0.0619 e. The monoisotopic (exact) mass is 185 g/mol. The Balaban J connectivity index is 3.46. The lowest BCUT2D eigenvalue weighted by Crippen LogP contribution is -2.33. The van der Waals surface area contributed by atoms with Crippen molar-refractivity contribution in [2.75, 3.05) is 19.8 Å². The first kappa shape index (κ1) is 12.7. The highest BCUT2D eigenvalue weighted by molar-refractivity contribution is 4.73. The van der Waals surface area contributed by atoms with E-state index in [0.29, 0.717) is 6.04 Å². The Morgan fingerprint density at radius 3 is 2.77 bits per heavy atom. The summed E-state index contributed by atoms with van der Waals surface area (Å²) in [6, 6.07) is 0.495. The third-order valence-electron chi connectivity index (χ3n) is 1.88. The van der Waals surface area contributed by atoms with Crippen molar-refractivity contribution in [1.29, 1.82) is 0 Å². The number of hydrogen-bond acceptors (Lipinski definition) is 2. The normalized spacial score (nSPS) is 12.8. The minimum atomic E-state index is 0.495. The quantitative estimate of drug-likeness (QED) is 0.440. The van der Waals surface area contributed by atoms with E-state index in [9.17, 15) is 0 Å². The van der Waals surface area contributed by atoms with Gasteiger partial charge >= 0.3 is 0 Å². The number of rotatable bonds is 9. The first-order chi connectivity index (χ1) is 6.35. The molecular formula is C11H23NO. The number of hydrogen-bond donors (Lipinski definition) is 1. The van der Waals surface area contributed by atoms with Crippen LogP contribution in [0.15, 0.2) is 12.7 Å². The summed E-state index contributed by atoms with van der Waals surface area (Å²) in [5, 5.41) is 3.40. The van der Waals surface area contributed by atoms with Crippen LogP contribution in [0.1, 0.15) is 33.1 Å². The minimum absolute atomic E-state index is 0.495. The van der Waals surface area contributed by atoms with Gasteiger partial charge in [0, 0.05) is 12.6 Å². The molecule has 0 aromatic heterocycles. The van der Waals surface area contributed by atoms with Crippen LogP contribution in [0.5, 0.6) is 0 Å². The second-order valence-electron chi connectivity index (χ2n) is 3.20. The van der Waals surface area contributed by atoms with E-state index in [-0.39, 0.29) is 0 Å². The van der Waals surface area contributed by atoms with Gasteiger partial charge in [-0.3, -0.25) is 0 Å². The summed E-state index contributed by atoms with van der Waals surface area (Å²) in [5.41, 5.74) is 0. The first-order valence-electron chi connectivity index (χ1n) is 5.27. The van der Waals surface area contributed by atoms with Gasteiger partial charge in [-0.15, -0.1) is 6.58 Å². The zero-order chi connectivity index (χ0) is 9.94. The van der Waals surface area contributed by atoms with Crippen LogP contribution in [-0.2, 0) is 4.74 Å². The Bertz CT molecular complexity index is 115. The summed E-state index contributed by atoms with van der Waals surface area (Å²) in [7, 11) is 0. The van der Waals surface area contributed by atoms with Crippen LogP contribution >= 0.6 is 0 Å². The molecule has 0 amide bonds. The van der Waals surface area contributed by atoms with Crippen LogP contribution in [0.3, 0.4) is 0 Å². The van der Waals surface area contributed by atoms with Gasteiger partial charge in [0.05, 0.1) is 6.61 Å². The van der Waals surface area contributed by atoms with E-state index < -0.39 is 0 Å². The highest BCUT2D eigenvalue weighted by Gasteiger charge is 2.05. The van der Waals surface area contributed by atoms with Gasteiger partial charge in [-0.1, -0.05) is 19.9 Å². The second kappa shape index (κ2) is 9.75. The van der Waals surface area contributed by atoms with Crippen LogP contribution in [0.4, 0.5) is 0 Å². The van der Waals surface area contributed by atoms with E-state index in [0.717, 1.165) is 39.0 Å². The van der Waals surface area contributed by atoms with Gasteiger partial charge in [-0.25, -0.2) is 0 Å². The van der Waals surface area contributed by atoms with Crippen molar-refractivity contribution in [3.05, 3.63) is 12.7 Å². The minimum Gasteiger partial charge on any atom is -0.380 e. The summed E-state index contributed by atoms with van der Waals surface area (Å²) >= 11 is 0. The molecule has 0 fully saturated rings. The van der Waals surface area contributed by atoms with Crippen molar-refractivity contribution < 1.29 is 4.74 Å². The lowest BCUT2D eigenvalue weighted by Gasteiger charge is -2.16. The fraction of sp³-hybridized carbons (Fsp3) is 0.818. The molecule has 0 bridgehead atoms. The molecule has 13 heavy (non-hydrogen) atoms. The molecule has 0 aliphatic heterocycles. The summed E-state index contributed by atoms with van der Waals surface area (Å²) in [6.45, 7) is 10.7. The Kier molecular flexibility index (Phi) is 9.49. The highest BCUT2D eigenvalue weighted by Crippen LogP contribution is 1.99. The fourth-order valence-corrected chi connectivity index (χ4v) is 1.22. The van der Waals surface area contributed by atoms with Crippen LogP contribution in [0.25, 0.3) is 0 Å². The largest absolute Gasteiger partial charge is 0.380 e. The van der Waals surface area contributed by atoms with Crippen molar-refractivity contribution >= 4 is 0 Å². The molecule has 1 atom stereocenters. The van der Waals surface area contributed by atoms with Crippen LogP contribution in [0.2, 0.25) is 0 Å². The van der Waals surface area contributed by atoms with Crippen molar-refractivity contribution in [1.82, 2.24) is 5.32 Å². The maximum absolute atomic E-state index is 5.50. The lowest BCUT2D eigenvalue weighted by atomic mass is 10.1. The average molecular weight is 185 g/mol. The summed E-state index contributed by atoms with van der Waals surface area (Å²) < 4.78 is 5.50. The first-order valence-corrected chi connectivity index (χ1v) is 5.27. The number of ether oxygens (including phenoxy) is 1. The molecule has 0 spiro atoms. The van der Waals surface area contributed by atoms with Crippen molar-refractivity contribution in [3.63, 3.8) is 0 Å². The van der Waals surface area contributed by atoms with Crippen LogP contribution in [-0.4, -0.2) is 25.8 Å². The summed E-state index contributed by atoms with van der Waals surface area (Å²) in [6.07, 6.45) is 5.25. The Labute approximate surface area is 82.4 Å². The molecule has 2 heteroatoms. The molecule has 0 aliphatic carbocycles. The molecule has 1 N–H and O–H groups in total. The molecule has 0 heterocycles. The number of nitrogens with one attached hydrogen (secondary N) is 1. The van der Waals surface area contributed by atoms with Crippen molar-refractivity contribution in [3.8, 4) is 0 Å². The Morgan fingerprint density at radius 1 is 1.46 bits per heavy atom. The maximum atomic E-state index is 5.50. The number of likely N-dealkylation sites (N-methyl/N-ethyl adjacent to an activating group) is 1. The van der Waals surface area contributed by atoms with Gasteiger partial charge in [0.25, 0.3) is 0 Å². The van der Waals surface area contributed by atoms with Gasteiger partial charge in [0.2, 0.25) is 0 Å². The fourth-order valence-electron chi connectivity index (χ4n) is 1.22. The van der Waals surface area contributed by atoms with Crippen molar-refractivity contribution in [2.24, 2.45) is 0 Å². The number of allylic oxidation sites excluding steroid dienone is 1. The van der Waals surface area contributed by atoms with E-state index >= 15 is 0 Å². The Morgan fingerprint density at radius 2 is 2.23 bits per heavy atom. The molecule has 0 rings (SSSR count). The molecule has 0 aromatic rings. The SMILES string of the molecule is C=CCCC(COCCC)NCC. The third-order valence-corrected chi connectivity index (χ3v) is 1.88. The van der Waals surface area contributed by atoms with E-state index in [1.165, 1.54) is 0 Å². The van der Waals surface area contributed by atoms with E-state index in [1.807, 2.05) is 6.08 Å². The highest BCUT2D eigenvalue weighted by atomic mass is 16.5. The molecule has 0 radical (unpaired) electrons. The predicted octanol–water partition coefficient (Wildman–Crippen LogP) is 2.36. The van der Waals surface area contributed by atoms with Gasteiger partial charge in [0.1, 0.15) is 0 Å². The molecule has 0 aliphatic rings. The van der Waals surface area contributed by atoms with Crippen LogP contribution in [0, 0.1) is 0 Å². The average Bonchev–Trinajstić information content (AvgIpc) is 2.14. The van der Waals surface area contributed by atoms with E-state index in [2.05, 4.69) is 25.7 Å². The topological polar surface area (TPSA) is 21.3 Å². The lowest BCUT2D eigenvalue weighted by molar-refractivity contribution is 0.110. The molecule has 0 saturated carbocycles. The van der Waals surface area contributed by atoms with Gasteiger partial charge in [-0.2, -0.15) is 0 Å². The van der Waals surface area contributed by atoms with Crippen molar-refractivity contribution in [2.45, 2.75) is 39.2 Å². The summed E-state index contributed by atoms with van der Waals surface area (Å²) in [5.74, 6) is 0. The molecule has 1 unspecified atom stereocenters. The Hall–Kier alpha value is -0.340. The molecule has 78 valence electrons. The molecular weight excluding hydrogens is 162 g/mol.